The van der Waals surface area contributed by atoms with E-state index in [1.165, 1.54) is 0 Å². The molecule has 0 bridgehead atoms. The topological polar surface area (TPSA) is 80.7 Å². The van der Waals surface area contributed by atoms with Crippen molar-refractivity contribution in [2.45, 2.75) is 26.2 Å². The Kier molecular flexibility index (Phi) is 6.98. The standard InChI is InChI=1S/C9H16O5S/c1-2-3-4-8-15(12,13)14-7-5-6-9(10)11/h5-6H,2-4,7-8H2,1H3,(H,10,11). The van der Waals surface area contributed by atoms with Crippen molar-refractivity contribution in [1.82, 2.24) is 0 Å². The first-order valence-corrected chi connectivity index (χ1v) is 6.32. The molecule has 6 heteroatoms. The third kappa shape index (κ3) is 9.42. The molecule has 88 valence electrons. The highest BCUT2D eigenvalue weighted by Gasteiger charge is 2.08. The Bertz CT molecular complexity index is 304. The predicted octanol–water partition coefficient (Wildman–Crippen LogP) is 1.16. The van der Waals surface area contributed by atoms with E-state index in [1.807, 2.05) is 6.92 Å². The van der Waals surface area contributed by atoms with Crippen LogP contribution in [0.25, 0.3) is 0 Å². The summed E-state index contributed by atoms with van der Waals surface area (Å²) < 4.78 is 26.8. The van der Waals surface area contributed by atoms with Crippen LogP contribution >= 0.6 is 0 Å². The maximum Gasteiger partial charge on any atom is 0.328 e. The molecule has 0 atom stereocenters. The summed E-state index contributed by atoms with van der Waals surface area (Å²) in [5.41, 5.74) is 0. The number of rotatable bonds is 8. The summed E-state index contributed by atoms with van der Waals surface area (Å²) in [4.78, 5) is 10.0. The number of carboxylic acid groups (broad SMARTS) is 1. The number of carboxylic acids is 1. The van der Waals surface area contributed by atoms with Gasteiger partial charge in [0.05, 0.1) is 12.4 Å². The van der Waals surface area contributed by atoms with E-state index >= 15 is 0 Å². The van der Waals surface area contributed by atoms with Crippen molar-refractivity contribution in [3.05, 3.63) is 12.2 Å². The van der Waals surface area contributed by atoms with Crippen molar-refractivity contribution in [1.29, 1.82) is 0 Å². The van der Waals surface area contributed by atoms with E-state index < -0.39 is 16.1 Å². The first-order chi connectivity index (χ1) is 6.98. The van der Waals surface area contributed by atoms with Gasteiger partial charge in [0.15, 0.2) is 0 Å². The highest BCUT2D eigenvalue weighted by atomic mass is 32.2. The molecular weight excluding hydrogens is 220 g/mol. The fraction of sp³-hybridized carbons (Fsp3) is 0.667. The lowest BCUT2D eigenvalue weighted by Crippen LogP contribution is -2.10. The molecule has 5 nitrogen and oxygen atoms in total. The van der Waals surface area contributed by atoms with Crippen molar-refractivity contribution in [3.8, 4) is 0 Å². The second kappa shape index (κ2) is 7.42. The van der Waals surface area contributed by atoms with E-state index in [9.17, 15) is 13.2 Å². The quantitative estimate of drug-likeness (QED) is 0.388. The average molecular weight is 236 g/mol. The minimum atomic E-state index is -3.50. The largest absolute Gasteiger partial charge is 0.478 e. The van der Waals surface area contributed by atoms with Crippen LogP contribution < -0.4 is 0 Å². The van der Waals surface area contributed by atoms with Crippen molar-refractivity contribution in [2.24, 2.45) is 0 Å². The van der Waals surface area contributed by atoms with Gasteiger partial charge in [0, 0.05) is 6.08 Å². The Balaban J connectivity index is 3.79. The average Bonchev–Trinajstić information content (AvgIpc) is 2.13. The molecule has 15 heavy (non-hydrogen) atoms. The smallest absolute Gasteiger partial charge is 0.328 e. The van der Waals surface area contributed by atoms with Crippen LogP contribution in [-0.2, 0) is 19.1 Å². The summed E-state index contributed by atoms with van der Waals surface area (Å²) >= 11 is 0. The number of aliphatic carboxylic acids is 1. The number of hydrogen-bond acceptors (Lipinski definition) is 4. The molecule has 0 radical (unpaired) electrons. The molecular formula is C9H16O5S. The molecule has 0 spiro atoms. The Morgan fingerprint density at radius 1 is 1.40 bits per heavy atom. The minimum absolute atomic E-state index is 0.0122. The van der Waals surface area contributed by atoms with Gasteiger partial charge in [0.25, 0.3) is 10.1 Å². The van der Waals surface area contributed by atoms with Gasteiger partial charge in [-0.15, -0.1) is 0 Å². The summed E-state index contributed by atoms with van der Waals surface area (Å²) in [6.07, 6.45) is 4.35. The molecule has 0 amide bonds. The number of carbonyl (C=O) groups is 1. The Morgan fingerprint density at radius 3 is 2.60 bits per heavy atom. The van der Waals surface area contributed by atoms with Gasteiger partial charge in [-0.3, -0.25) is 4.18 Å². The van der Waals surface area contributed by atoms with Gasteiger partial charge >= 0.3 is 5.97 Å². The first kappa shape index (κ1) is 14.1. The van der Waals surface area contributed by atoms with Gasteiger partial charge < -0.3 is 5.11 Å². The third-order valence-electron chi connectivity index (χ3n) is 1.60. The molecule has 0 aliphatic carbocycles. The maximum absolute atomic E-state index is 11.1. The summed E-state index contributed by atoms with van der Waals surface area (Å²) in [5, 5.41) is 8.22. The van der Waals surface area contributed by atoms with Crippen LogP contribution in [0.15, 0.2) is 12.2 Å². The van der Waals surface area contributed by atoms with E-state index in [0.717, 1.165) is 25.0 Å². The van der Waals surface area contributed by atoms with Crippen LogP contribution in [-0.4, -0.2) is 31.9 Å². The van der Waals surface area contributed by atoms with E-state index in [-0.39, 0.29) is 12.4 Å². The SMILES string of the molecule is CCCCCS(=O)(=O)OCC=CC(=O)O. The Morgan fingerprint density at radius 2 is 2.07 bits per heavy atom. The molecule has 0 aromatic carbocycles. The van der Waals surface area contributed by atoms with Crippen LogP contribution in [0.1, 0.15) is 26.2 Å². The second-order valence-electron chi connectivity index (χ2n) is 2.99. The lowest BCUT2D eigenvalue weighted by atomic mass is 10.3. The molecule has 0 fully saturated rings. The van der Waals surface area contributed by atoms with Gasteiger partial charge in [0.2, 0.25) is 0 Å². The van der Waals surface area contributed by atoms with Crippen LogP contribution in [0.5, 0.6) is 0 Å². The molecule has 0 rings (SSSR count). The van der Waals surface area contributed by atoms with Crippen LogP contribution in [0, 0.1) is 0 Å². The van der Waals surface area contributed by atoms with E-state index in [2.05, 4.69) is 4.18 Å². The highest BCUT2D eigenvalue weighted by Crippen LogP contribution is 2.01. The Hall–Kier alpha value is -0.880. The van der Waals surface area contributed by atoms with Crippen molar-refractivity contribution >= 4 is 16.1 Å². The van der Waals surface area contributed by atoms with E-state index in [1.54, 1.807) is 0 Å². The number of hydrogen-bond donors (Lipinski definition) is 1. The van der Waals surface area contributed by atoms with Crippen LogP contribution in [0.2, 0.25) is 0 Å². The van der Waals surface area contributed by atoms with E-state index in [4.69, 9.17) is 5.11 Å². The normalized spacial score (nSPS) is 12.1. The second-order valence-corrected chi connectivity index (χ2v) is 4.75. The van der Waals surface area contributed by atoms with Gasteiger partial charge in [0.1, 0.15) is 0 Å². The highest BCUT2D eigenvalue weighted by molar-refractivity contribution is 7.86. The summed E-state index contributed by atoms with van der Waals surface area (Å²) in [5.74, 6) is -1.14. The lowest BCUT2D eigenvalue weighted by molar-refractivity contribution is -0.131. The van der Waals surface area contributed by atoms with Gasteiger partial charge in [-0.05, 0) is 6.42 Å². The zero-order valence-electron chi connectivity index (χ0n) is 8.68. The fourth-order valence-corrected chi connectivity index (χ4v) is 1.84. The van der Waals surface area contributed by atoms with Crippen molar-refractivity contribution < 1.29 is 22.5 Å². The number of unbranched alkanes of at least 4 members (excludes halogenated alkanes) is 2. The Labute approximate surface area is 89.9 Å². The van der Waals surface area contributed by atoms with Crippen LogP contribution in [0.4, 0.5) is 0 Å². The lowest BCUT2D eigenvalue weighted by Gasteiger charge is -2.01. The van der Waals surface area contributed by atoms with Gasteiger partial charge in [-0.2, -0.15) is 8.42 Å². The molecule has 0 aliphatic heterocycles. The minimum Gasteiger partial charge on any atom is -0.478 e. The molecule has 1 N–H and O–H groups in total. The van der Waals surface area contributed by atoms with E-state index in [0.29, 0.717) is 6.42 Å². The molecule has 0 saturated carbocycles. The molecule has 0 aliphatic rings. The molecule has 0 unspecified atom stereocenters. The summed E-state index contributed by atoms with van der Waals surface area (Å²) in [7, 11) is -3.50. The first-order valence-electron chi connectivity index (χ1n) is 4.74. The van der Waals surface area contributed by atoms with Crippen molar-refractivity contribution in [2.75, 3.05) is 12.4 Å². The molecule has 0 aromatic rings. The van der Waals surface area contributed by atoms with Gasteiger partial charge in [-0.1, -0.05) is 25.8 Å². The maximum atomic E-state index is 11.1. The summed E-state index contributed by atoms with van der Waals surface area (Å²) in [6.45, 7) is 1.75. The predicted molar refractivity (Wildman–Crippen MR) is 56.0 cm³/mol. The molecule has 0 heterocycles. The zero-order chi connectivity index (χ0) is 11.7. The molecule has 0 aromatic heterocycles. The third-order valence-corrected chi connectivity index (χ3v) is 2.89. The fourth-order valence-electron chi connectivity index (χ4n) is 0.880. The zero-order valence-corrected chi connectivity index (χ0v) is 9.50. The van der Waals surface area contributed by atoms with Crippen molar-refractivity contribution in [3.63, 3.8) is 0 Å². The van der Waals surface area contributed by atoms with Gasteiger partial charge in [-0.25, -0.2) is 4.79 Å². The molecule has 0 saturated heterocycles. The van der Waals surface area contributed by atoms with Crippen LogP contribution in [0.3, 0.4) is 0 Å². The summed E-state index contributed by atoms with van der Waals surface area (Å²) in [6, 6.07) is 0. The monoisotopic (exact) mass is 236 g/mol.